The van der Waals surface area contributed by atoms with Gasteiger partial charge in [0.2, 0.25) is 5.91 Å². The van der Waals surface area contributed by atoms with E-state index in [1.807, 2.05) is 0 Å². The number of hydrogen-bond acceptors (Lipinski definition) is 5. The van der Waals surface area contributed by atoms with Crippen LogP contribution in [0.25, 0.3) is 0 Å². The normalized spacial score (nSPS) is 21.6. The number of hydrogen-bond donors (Lipinski definition) is 2. The Morgan fingerprint density at radius 2 is 1.89 bits per heavy atom. The van der Waals surface area contributed by atoms with Crippen LogP contribution >= 0.6 is 11.6 Å². The molecule has 1 saturated carbocycles. The van der Waals surface area contributed by atoms with Crippen molar-refractivity contribution in [3.05, 3.63) is 64.9 Å². The standard InChI is InChI=1S/C25H26ClF3N4O4/c1-37-24(36)32-13-15(30)10-20(32)23(35)33(17-6-4-5-14(27)9-17)21(18-7-2-3-8-19(18)26)22(34)31-16-11-25(28,29)12-16/h2-9,15-16,20-21H,10-13,30H2,1H3,(H,31,34)/t15-,20-,21-/m0/s1. The van der Waals surface area contributed by atoms with Crippen molar-refractivity contribution in [2.45, 2.75) is 49.4 Å². The summed E-state index contributed by atoms with van der Waals surface area (Å²) in [5, 5.41) is 2.70. The van der Waals surface area contributed by atoms with Crippen molar-refractivity contribution in [3.63, 3.8) is 0 Å². The lowest BCUT2D eigenvalue weighted by molar-refractivity contribution is -0.133. The van der Waals surface area contributed by atoms with Crippen LogP contribution in [-0.2, 0) is 14.3 Å². The van der Waals surface area contributed by atoms with Gasteiger partial charge in [-0.3, -0.25) is 19.4 Å². The molecule has 2 aromatic carbocycles. The summed E-state index contributed by atoms with van der Waals surface area (Å²) in [7, 11) is 1.16. The number of benzene rings is 2. The van der Waals surface area contributed by atoms with Crippen LogP contribution in [0.3, 0.4) is 0 Å². The van der Waals surface area contributed by atoms with Crippen molar-refractivity contribution in [1.82, 2.24) is 10.2 Å². The van der Waals surface area contributed by atoms with Gasteiger partial charge < -0.3 is 15.8 Å². The monoisotopic (exact) mass is 538 g/mol. The first-order valence-electron chi connectivity index (χ1n) is 11.6. The molecule has 0 unspecified atom stereocenters. The molecule has 0 aromatic heterocycles. The Labute approximate surface area is 216 Å². The fourth-order valence-corrected chi connectivity index (χ4v) is 4.99. The van der Waals surface area contributed by atoms with Crippen LogP contribution in [0.2, 0.25) is 5.02 Å². The summed E-state index contributed by atoms with van der Waals surface area (Å²) in [4.78, 5) is 42.3. The molecule has 0 radical (unpaired) electrons. The van der Waals surface area contributed by atoms with Crippen molar-refractivity contribution in [2.75, 3.05) is 18.6 Å². The molecule has 3 N–H and O–H groups in total. The van der Waals surface area contributed by atoms with Crippen LogP contribution in [0.4, 0.5) is 23.7 Å². The highest BCUT2D eigenvalue weighted by Gasteiger charge is 2.48. The van der Waals surface area contributed by atoms with Crippen LogP contribution < -0.4 is 16.0 Å². The van der Waals surface area contributed by atoms with Crippen molar-refractivity contribution in [2.24, 2.45) is 5.73 Å². The van der Waals surface area contributed by atoms with Gasteiger partial charge in [-0.15, -0.1) is 0 Å². The number of nitrogens with one attached hydrogen (secondary N) is 1. The van der Waals surface area contributed by atoms with Crippen LogP contribution in [-0.4, -0.2) is 60.5 Å². The second kappa shape index (κ2) is 10.6. The van der Waals surface area contributed by atoms with E-state index in [-0.39, 0.29) is 29.2 Å². The van der Waals surface area contributed by atoms with Crippen molar-refractivity contribution < 1.29 is 32.3 Å². The molecule has 0 spiro atoms. The quantitative estimate of drug-likeness (QED) is 0.584. The molecular weight excluding hydrogens is 513 g/mol. The third kappa shape index (κ3) is 5.67. The first-order valence-corrected chi connectivity index (χ1v) is 12.0. The number of halogens is 4. The number of nitrogens with two attached hydrogens (primary N) is 1. The van der Waals surface area contributed by atoms with Gasteiger partial charge >= 0.3 is 6.09 Å². The lowest BCUT2D eigenvalue weighted by Crippen LogP contribution is -2.56. The number of nitrogens with zero attached hydrogens (tertiary/aromatic N) is 2. The highest BCUT2D eigenvalue weighted by Crippen LogP contribution is 2.39. The van der Waals surface area contributed by atoms with E-state index in [1.54, 1.807) is 12.1 Å². The second-order valence-corrected chi connectivity index (χ2v) is 9.62. The van der Waals surface area contributed by atoms with Gasteiger partial charge in [-0.2, -0.15) is 0 Å². The number of alkyl halides is 2. The minimum atomic E-state index is -2.89. The Kier molecular flexibility index (Phi) is 7.65. The van der Waals surface area contributed by atoms with E-state index in [9.17, 15) is 27.6 Å². The zero-order valence-corrected chi connectivity index (χ0v) is 20.6. The highest BCUT2D eigenvalue weighted by molar-refractivity contribution is 6.31. The van der Waals surface area contributed by atoms with Crippen LogP contribution in [0, 0.1) is 5.82 Å². The van der Waals surface area contributed by atoms with E-state index in [0.717, 1.165) is 23.0 Å². The zero-order valence-electron chi connectivity index (χ0n) is 19.9. The summed E-state index contributed by atoms with van der Waals surface area (Å²) < 4.78 is 46.1. The molecule has 1 heterocycles. The molecule has 0 bridgehead atoms. The Balaban J connectivity index is 1.80. The second-order valence-electron chi connectivity index (χ2n) is 9.22. The minimum absolute atomic E-state index is 0.00861. The SMILES string of the molecule is COC(=O)N1C[C@@H](N)C[C@H]1C(=O)N(c1cccc(F)c1)[C@H](C(=O)NC1CC(F)(F)C1)c1ccccc1Cl. The first kappa shape index (κ1) is 26.7. The summed E-state index contributed by atoms with van der Waals surface area (Å²) >= 11 is 6.43. The molecule has 1 aliphatic carbocycles. The van der Waals surface area contributed by atoms with Gasteiger partial charge in [-0.25, -0.2) is 18.0 Å². The van der Waals surface area contributed by atoms with E-state index in [1.165, 1.54) is 30.3 Å². The van der Waals surface area contributed by atoms with Gasteiger partial charge in [0.15, 0.2) is 0 Å². The average molecular weight is 539 g/mol. The van der Waals surface area contributed by atoms with E-state index >= 15 is 0 Å². The average Bonchev–Trinajstić information content (AvgIpc) is 3.22. The predicted octanol–water partition coefficient (Wildman–Crippen LogP) is 3.64. The number of rotatable bonds is 6. The Morgan fingerprint density at radius 1 is 1.19 bits per heavy atom. The highest BCUT2D eigenvalue weighted by atomic mass is 35.5. The van der Waals surface area contributed by atoms with Crippen molar-refractivity contribution in [3.8, 4) is 0 Å². The lowest BCUT2D eigenvalue weighted by Gasteiger charge is -2.39. The van der Waals surface area contributed by atoms with E-state index < -0.39 is 66.7 Å². The van der Waals surface area contributed by atoms with Gasteiger partial charge in [0.1, 0.15) is 17.9 Å². The number of amides is 3. The van der Waals surface area contributed by atoms with Crippen molar-refractivity contribution >= 4 is 35.2 Å². The molecule has 198 valence electrons. The van der Waals surface area contributed by atoms with Gasteiger partial charge in [0.05, 0.1) is 7.11 Å². The van der Waals surface area contributed by atoms with Gasteiger partial charge in [-0.05, 0) is 30.7 Å². The Hall–Kier alpha value is -3.31. The van der Waals surface area contributed by atoms with E-state index in [0.29, 0.717) is 0 Å². The Bertz CT molecular complexity index is 1190. The largest absolute Gasteiger partial charge is 0.453 e. The molecule has 1 saturated heterocycles. The molecule has 3 amide bonds. The molecule has 3 atom stereocenters. The smallest absolute Gasteiger partial charge is 0.410 e. The number of carbonyl (C=O) groups excluding carboxylic acids is 3. The van der Waals surface area contributed by atoms with E-state index in [2.05, 4.69) is 5.32 Å². The summed E-state index contributed by atoms with van der Waals surface area (Å²) in [6.07, 6.45) is -1.82. The van der Waals surface area contributed by atoms with Crippen LogP contribution in [0.15, 0.2) is 48.5 Å². The maximum absolute atomic E-state index is 14.3. The summed E-state index contributed by atoms with van der Waals surface area (Å²) in [5.74, 6) is -5.09. The Morgan fingerprint density at radius 3 is 2.51 bits per heavy atom. The molecule has 4 rings (SSSR count). The molecule has 2 fully saturated rings. The summed E-state index contributed by atoms with van der Waals surface area (Å²) in [6, 6.07) is 7.29. The molecule has 2 aliphatic rings. The minimum Gasteiger partial charge on any atom is -0.453 e. The molecule has 1 aliphatic heterocycles. The molecule has 2 aromatic rings. The predicted molar refractivity (Wildman–Crippen MR) is 130 cm³/mol. The summed E-state index contributed by atoms with van der Waals surface area (Å²) in [5.41, 5.74) is 6.25. The maximum atomic E-state index is 14.3. The third-order valence-corrected chi connectivity index (χ3v) is 6.84. The number of methoxy groups -OCH3 is 1. The fourth-order valence-electron chi connectivity index (χ4n) is 4.75. The van der Waals surface area contributed by atoms with Crippen LogP contribution in [0.5, 0.6) is 0 Å². The maximum Gasteiger partial charge on any atom is 0.410 e. The first-order chi connectivity index (χ1) is 17.5. The number of carbonyl (C=O) groups is 3. The van der Waals surface area contributed by atoms with E-state index in [4.69, 9.17) is 22.1 Å². The molecular formula is C25H26ClF3N4O4. The van der Waals surface area contributed by atoms with Crippen molar-refractivity contribution in [1.29, 1.82) is 0 Å². The number of likely N-dealkylation sites (tertiary alicyclic amines) is 1. The molecule has 12 heteroatoms. The topological polar surface area (TPSA) is 105 Å². The van der Waals surface area contributed by atoms with Crippen LogP contribution in [0.1, 0.15) is 30.9 Å². The van der Waals surface area contributed by atoms with Gasteiger partial charge in [0, 0.05) is 47.7 Å². The van der Waals surface area contributed by atoms with Gasteiger partial charge in [0.25, 0.3) is 11.8 Å². The zero-order chi connectivity index (χ0) is 26.9. The third-order valence-electron chi connectivity index (χ3n) is 6.49. The van der Waals surface area contributed by atoms with Gasteiger partial charge in [-0.1, -0.05) is 35.9 Å². The molecule has 8 nitrogen and oxygen atoms in total. The molecule has 37 heavy (non-hydrogen) atoms. The lowest BCUT2D eigenvalue weighted by atomic mass is 9.87. The number of ether oxygens (including phenoxy) is 1. The number of anilines is 1. The summed E-state index contributed by atoms with van der Waals surface area (Å²) in [6.45, 7) is 0.0280. The fraction of sp³-hybridized carbons (Fsp3) is 0.400.